The van der Waals surface area contributed by atoms with Crippen LogP contribution in [0.2, 0.25) is 0 Å². The van der Waals surface area contributed by atoms with Crippen molar-refractivity contribution in [3.63, 3.8) is 0 Å². The minimum absolute atomic E-state index is 0. The molecule has 1 fully saturated rings. The first-order valence-electron chi connectivity index (χ1n) is 6.26. The summed E-state index contributed by atoms with van der Waals surface area (Å²) in [6, 6.07) is 0.969. The van der Waals surface area contributed by atoms with Crippen LogP contribution in [0.25, 0.3) is 0 Å². The summed E-state index contributed by atoms with van der Waals surface area (Å²) in [5, 5.41) is 4.53. The highest BCUT2D eigenvalue weighted by molar-refractivity contribution is 5.74. The molecule has 1 saturated carbocycles. The number of amides is 2. The highest BCUT2D eigenvalue weighted by Gasteiger charge is 2.56. The van der Waals surface area contributed by atoms with E-state index in [0.29, 0.717) is 5.56 Å². The number of urea groups is 1. The molecule has 0 unspecified atom stereocenters. The molecule has 1 aliphatic rings. The Morgan fingerprint density at radius 1 is 1.50 bits per heavy atom. The predicted octanol–water partition coefficient (Wildman–Crippen LogP) is 2.93. The van der Waals surface area contributed by atoms with Crippen LogP contribution < -0.4 is 15.4 Å². The molecule has 5 nitrogen and oxygen atoms in total. The Bertz CT molecular complexity index is 548. The smallest absolute Gasteiger partial charge is 0.393 e. The number of pyridine rings is 1. The molecule has 2 rings (SSSR count). The Kier molecular flexibility index (Phi) is 4.67. The van der Waals surface area contributed by atoms with Gasteiger partial charge >= 0.3 is 18.8 Å². The van der Waals surface area contributed by atoms with Crippen LogP contribution in [-0.2, 0) is 6.54 Å². The number of nitrogens with zero attached hydrogens (tertiary/aromatic N) is 1. The number of hydrogen-bond donors (Lipinski definition) is 2. The standard InChI is InChI=1S/C12H12F5N3O2.2H2/c13-10(14)22-9-3-6(1-2-18-9)5-19-11(21)20-8-4-7(8)12(15,16)17;;/h1-3,7-8,10H,4-5H2,(H2,19,20,21);2*1H/t7-,8-;;/m1../s1. The summed E-state index contributed by atoms with van der Waals surface area (Å²) in [5.74, 6) is -1.82. The largest absolute Gasteiger partial charge is 0.417 e. The molecule has 2 N–H and O–H groups in total. The Hall–Kier alpha value is -2.13. The van der Waals surface area contributed by atoms with Gasteiger partial charge in [-0.25, -0.2) is 9.78 Å². The first-order valence-corrected chi connectivity index (χ1v) is 6.26. The van der Waals surface area contributed by atoms with Crippen molar-refractivity contribution in [3.8, 4) is 5.88 Å². The van der Waals surface area contributed by atoms with E-state index in [1.54, 1.807) is 0 Å². The van der Waals surface area contributed by atoms with Gasteiger partial charge in [-0.3, -0.25) is 0 Å². The summed E-state index contributed by atoms with van der Waals surface area (Å²) in [6.45, 7) is -3.08. The molecule has 2 atom stereocenters. The van der Waals surface area contributed by atoms with Crippen LogP contribution in [0.15, 0.2) is 18.3 Å². The molecule has 1 aromatic heterocycles. The maximum atomic E-state index is 12.3. The molecular weight excluding hydrogens is 313 g/mol. The quantitative estimate of drug-likeness (QED) is 0.817. The summed E-state index contributed by atoms with van der Waals surface area (Å²) in [5.41, 5.74) is 0.420. The Morgan fingerprint density at radius 2 is 2.23 bits per heavy atom. The molecule has 10 heteroatoms. The van der Waals surface area contributed by atoms with Crippen molar-refractivity contribution >= 4 is 6.03 Å². The van der Waals surface area contributed by atoms with Gasteiger partial charge in [-0.15, -0.1) is 0 Å². The van der Waals surface area contributed by atoms with Crippen LogP contribution in [0.1, 0.15) is 14.8 Å². The van der Waals surface area contributed by atoms with Gasteiger partial charge in [0.25, 0.3) is 0 Å². The number of alkyl halides is 5. The van der Waals surface area contributed by atoms with Gasteiger partial charge in [0, 0.05) is 27.7 Å². The van der Waals surface area contributed by atoms with Gasteiger partial charge in [0.1, 0.15) is 0 Å². The van der Waals surface area contributed by atoms with Gasteiger partial charge in [0.2, 0.25) is 5.88 Å². The topological polar surface area (TPSA) is 63.2 Å². The number of halogens is 5. The summed E-state index contributed by atoms with van der Waals surface area (Å²) < 4.78 is 65.0. The van der Waals surface area contributed by atoms with E-state index in [-0.39, 0.29) is 21.7 Å². The Balaban J connectivity index is 0.00000264. The summed E-state index contributed by atoms with van der Waals surface area (Å²) >= 11 is 0. The van der Waals surface area contributed by atoms with E-state index in [1.165, 1.54) is 18.3 Å². The van der Waals surface area contributed by atoms with Crippen LogP contribution in [0, 0.1) is 5.92 Å². The van der Waals surface area contributed by atoms with Gasteiger partial charge < -0.3 is 15.4 Å². The molecule has 2 amide bonds. The first kappa shape index (κ1) is 16.2. The fourth-order valence-electron chi connectivity index (χ4n) is 1.83. The van der Waals surface area contributed by atoms with Crippen molar-refractivity contribution in [1.82, 2.24) is 15.6 Å². The second-order valence-corrected chi connectivity index (χ2v) is 4.70. The molecule has 1 heterocycles. The normalized spacial score (nSPS) is 20.6. The highest BCUT2D eigenvalue weighted by Crippen LogP contribution is 2.44. The zero-order valence-corrected chi connectivity index (χ0v) is 11.0. The molecule has 0 saturated heterocycles. The molecule has 0 radical (unpaired) electrons. The zero-order valence-electron chi connectivity index (χ0n) is 11.0. The van der Waals surface area contributed by atoms with Crippen LogP contribution in [0.4, 0.5) is 26.7 Å². The summed E-state index contributed by atoms with van der Waals surface area (Å²) in [7, 11) is 0. The van der Waals surface area contributed by atoms with Crippen LogP contribution >= 0.6 is 0 Å². The SMILES string of the molecule is O=C(NCc1ccnc(OC(F)F)c1)N[C@@H]1C[C@H]1C(F)(F)F.[HH].[HH]. The lowest BCUT2D eigenvalue weighted by molar-refractivity contribution is -0.148. The van der Waals surface area contributed by atoms with Crippen molar-refractivity contribution in [2.75, 3.05) is 0 Å². The third kappa shape index (κ3) is 4.71. The number of carbonyl (C=O) groups excluding carboxylic acids is 1. The van der Waals surface area contributed by atoms with Crippen molar-refractivity contribution in [1.29, 1.82) is 0 Å². The summed E-state index contributed by atoms with van der Waals surface area (Å²) in [6.07, 6.45) is -3.24. The lowest BCUT2D eigenvalue weighted by Crippen LogP contribution is -2.38. The molecule has 0 aliphatic heterocycles. The molecule has 22 heavy (non-hydrogen) atoms. The molecule has 126 valence electrons. The average molecular weight is 329 g/mol. The number of rotatable bonds is 5. The highest BCUT2D eigenvalue weighted by atomic mass is 19.4. The zero-order chi connectivity index (χ0) is 16.3. The van der Waals surface area contributed by atoms with E-state index in [2.05, 4.69) is 20.4 Å². The van der Waals surface area contributed by atoms with Gasteiger partial charge in [0.15, 0.2) is 0 Å². The van der Waals surface area contributed by atoms with E-state index in [1.807, 2.05) is 0 Å². The minimum atomic E-state index is -4.31. The van der Waals surface area contributed by atoms with E-state index in [4.69, 9.17) is 0 Å². The van der Waals surface area contributed by atoms with Crippen molar-refractivity contribution in [2.24, 2.45) is 5.92 Å². The third-order valence-electron chi connectivity index (χ3n) is 2.99. The van der Waals surface area contributed by atoms with Crippen molar-refractivity contribution in [2.45, 2.75) is 31.8 Å². The van der Waals surface area contributed by atoms with Crippen LogP contribution in [0.5, 0.6) is 5.88 Å². The molecule has 0 aromatic carbocycles. The molecule has 1 aromatic rings. The minimum Gasteiger partial charge on any atom is -0.417 e. The Morgan fingerprint density at radius 3 is 2.82 bits per heavy atom. The number of hydrogen-bond acceptors (Lipinski definition) is 3. The monoisotopic (exact) mass is 329 g/mol. The maximum Gasteiger partial charge on any atom is 0.393 e. The first-order chi connectivity index (χ1) is 10.3. The number of aromatic nitrogens is 1. The third-order valence-corrected chi connectivity index (χ3v) is 2.99. The molecule has 0 spiro atoms. The van der Waals surface area contributed by atoms with E-state index in [9.17, 15) is 26.7 Å². The lowest BCUT2D eigenvalue weighted by Gasteiger charge is -2.09. The summed E-state index contributed by atoms with van der Waals surface area (Å²) in [4.78, 5) is 15.0. The molecule has 1 aliphatic carbocycles. The van der Waals surface area contributed by atoms with E-state index in [0.717, 1.165) is 0 Å². The van der Waals surface area contributed by atoms with Crippen LogP contribution in [0.3, 0.4) is 0 Å². The maximum absolute atomic E-state index is 12.3. The van der Waals surface area contributed by atoms with Gasteiger partial charge in [0.05, 0.1) is 5.92 Å². The van der Waals surface area contributed by atoms with Gasteiger partial charge in [-0.1, -0.05) is 0 Å². The molecular formula is C12H16F5N3O2. The van der Waals surface area contributed by atoms with Gasteiger partial charge in [-0.2, -0.15) is 22.0 Å². The van der Waals surface area contributed by atoms with E-state index < -0.39 is 30.8 Å². The fraction of sp³-hybridized carbons (Fsp3) is 0.500. The predicted molar refractivity (Wildman–Crippen MR) is 68.4 cm³/mol. The van der Waals surface area contributed by atoms with Gasteiger partial charge in [-0.05, 0) is 18.1 Å². The second-order valence-electron chi connectivity index (χ2n) is 4.70. The van der Waals surface area contributed by atoms with E-state index >= 15 is 0 Å². The molecule has 0 bridgehead atoms. The number of carbonyl (C=O) groups is 1. The Labute approximate surface area is 124 Å². The van der Waals surface area contributed by atoms with Crippen molar-refractivity contribution in [3.05, 3.63) is 23.9 Å². The lowest BCUT2D eigenvalue weighted by atomic mass is 10.2. The average Bonchev–Trinajstić information content (AvgIpc) is 3.15. The van der Waals surface area contributed by atoms with Crippen molar-refractivity contribution < 1.29 is 34.3 Å². The van der Waals surface area contributed by atoms with Crippen LogP contribution in [-0.4, -0.2) is 29.8 Å². The fourth-order valence-corrected chi connectivity index (χ4v) is 1.83. The number of nitrogens with one attached hydrogen (secondary N) is 2. The number of ether oxygens (including phenoxy) is 1. The second kappa shape index (κ2) is 6.32.